The molecule has 20 heavy (non-hydrogen) atoms. The van der Waals surface area contributed by atoms with Crippen molar-refractivity contribution in [3.05, 3.63) is 45.7 Å². The summed E-state index contributed by atoms with van der Waals surface area (Å²) in [6, 6.07) is 6.92. The highest BCUT2D eigenvalue weighted by Crippen LogP contribution is 2.34. The van der Waals surface area contributed by atoms with Crippen LogP contribution < -0.4 is 5.32 Å². The molecule has 0 bridgehead atoms. The van der Waals surface area contributed by atoms with Crippen molar-refractivity contribution >= 4 is 15.9 Å². The zero-order chi connectivity index (χ0) is 14.3. The molecule has 7 heteroatoms. The Kier molecular flexibility index (Phi) is 3.25. The topological polar surface area (TPSA) is 37.8 Å². The molecule has 0 saturated heterocycles. The van der Waals surface area contributed by atoms with Gasteiger partial charge in [0.15, 0.2) is 11.5 Å². The van der Waals surface area contributed by atoms with Gasteiger partial charge in [-0.05, 0) is 12.1 Å². The van der Waals surface area contributed by atoms with Gasteiger partial charge in [-0.2, -0.15) is 13.2 Å². The van der Waals surface area contributed by atoms with E-state index < -0.39 is 11.9 Å². The molecule has 1 N–H and O–H groups in total. The molecule has 0 fully saturated rings. The lowest BCUT2D eigenvalue weighted by atomic mass is 10.1. The Bertz CT molecular complexity index is 670. The molecule has 2 heterocycles. The molecular formula is C13H9BrF3N3. The van der Waals surface area contributed by atoms with Crippen LogP contribution in [-0.2, 0) is 19.3 Å². The van der Waals surface area contributed by atoms with Crippen LogP contribution in [-0.4, -0.2) is 9.97 Å². The van der Waals surface area contributed by atoms with Gasteiger partial charge < -0.3 is 5.32 Å². The molecule has 2 aromatic rings. The lowest BCUT2D eigenvalue weighted by molar-refractivity contribution is -0.141. The molecule has 1 aromatic carbocycles. The number of nitrogens with one attached hydrogen (secondary N) is 1. The van der Waals surface area contributed by atoms with E-state index in [0.717, 1.165) is 4.47 Å². The van der Waals surface area contributed by atoms with Gasteiger partial charge in [0.2, 0.25) is 0 Å². The molecule has 1 aliphatic rings. The zero-order valence-electron chi connectivity index (χ0n) is 10.1. The highest BCUT2D eigenvalue weighted by molar-refractivity contribution is 9.10. The Hall–Kier alpha value is -1.47. The summed E-state index contributed by atoms with van der Waals surface area (Å²) in [7, 11) is 0. The van der Waals surface area contributed by atoms with Crippen LogP contribution in [0.1, 0.15) is 17.0 Å². The fourth-order valence-electron chi connectivity index (χ4n) is 2.16. The van der Waals surface area contributed by atoms with E-state index in [1.165, 1.54) is 0 Å². The van der Waals surface area contributed by atoms with Crippen LogP contribution >= 0.6 is 15.9 Å². The minimum absolute atomic E-state index is 0.0982. The maximum atomic E-state index is 13.1. The Labute approximate surface area is 121 Å². The largest absolute Gasteiger partial charge is 0.433 e. The van der Waals surface area contributed by atoms with Crippen molar-refractivity contribution in [2.45, 2.75) is 19.3 Å². The fourth-order valence-corrected chi connectivity index (χ4v) is 2.56. The van der Waals surface area contributed by atoms with Crippen LogP contribution in [0.25, 0.3) is 11.4 Å². The number of nitrogens with zero attached hydrogens (tertiary/aromatic N) is 2. The van der Waals surface area contributed by atoms with Gasteiger partial charge in [0.05, 0.1) is 5.69 Å². The number of benzene rings is 1. The number of aromatic nitrogens is 2. The van der Waals surface area contributed by atoms with Crippen LogP contribution in [0.3, 0.4) is 0 Å². The molecule has 0 aliphatic carbocycles. The number of hydrogen-bond acceptors (Lipinski definition) is 3. The van der Waals surface area contributed by atoms with Crippen LogP contribution in [0.15, 0.2) is 28.7 Å². The van der Waals surface area contributed by atoms with Gasteiger partial charge in [0.1, 0.15) is 0 Å². The van der Waals surface area contributed by atoms with Crippen molar-refractivity contribution in [1.82, 2.24) is 15.3 Å². The maximum absolute atomic E-state index is 13.1. The predicted octanol–water partition coefficient (Wildman–Crippen LogP) is 3.53. The SMILES string of the molecule is FC(F)(F)c1nc(-c2cccc(Br)c2)nc2c1CNC2. The molecule has 0 radical (unpaired) electrons. The second-order valence-electron chi connectivity index (χ2n) is 4.43. The van der Waals surface area contributed by atoms with Gasteiger partial charge in [-0.1, -0.05) is 28.1 Å². The average molecular weight is 344 g/mol. The van der Waals surface area contributed by atoms with Gasteiger partial charge in [-0.3, -0.25) is 0 Å². The molecule has 0 amide bonds. The Morgan fingerprint density at radius 2 is 1.95 bits per heavy atom. The van der Waals surface area contributed by atoms with Gasteiger partial charge in [-0.15, -0.1) is 0 Å². The minimum Gasteiger partial charge on any atom is -0.307 e. The first-order chi connectivity index (χ1) is 9.45. The fraction of sp³-hybridized carbons (Fsp3) is 0.231. The van der Waals surface area contributed by atoms with Crippen LogP contribution in [0.4, 0.5) is 13.2 Å². The van der Waals surface area contributed by atoms with E-state index in [1.807, 2.05) is 0 Å². The first-order valence-corrected chi connectivity index (χ1v) is 6.68. The summed E-state index contributed by atoms with van der Waals surface area (Å²) in [6.07, 6.45) is -4.47. The predicted molar refractivity (Wildman–Crippen MR) is 70.7 cm³/mol. The third kappa shape index (κ3) is 2.43. The van der Waals surface area contributed by atoms with Crippen LogP contribution in [0.5, 0.6) is 0 Å². The molecule has 0 saturated carbocycles. The summed E-state index contributed by atoms with van der Waals surface area (Å²) in [6.45, 7) is 0.491. The highest BCUT2D eigenvalue weighted by atomic mass is 79.9. The van der Waals surface area contributed by atoms with Gasteiger partial charge >= 0.3 is 6.18 Å². The van der Waals surface area contributed by atoms with E-state index in [-0.39, 0.29) is 17.9 Å². The monoisotopic (exact) mass is 343 g/mol. The summed E-state index contributed by atoms with van der Waals surface area (Å²) in [4.78, 5) is 7.97. The number of rotatable bonds is 1. The van der Waals surface area contributed by atoms with Gasteiger partial charge in [0, 0.05) is 28.7 Å². The summed E-state index contributed by atoms with van der Waals surface area (Å²) in [5.74, 6) is 0.0982. The molecule has 1 aromatic heterocycles. The number of hydrogen-bond donors (Lipinski definition) is 1. The molecule has 1 aliphatic heterocycles. The summed E-state index contributed by atoms with van der Waals surface area (Å²) in [5.41, 5.74) is 0.278. The summed E-state index contributed by atoms with van der Waals surface area (Å²) in [5, 5.41) is 2.88. The van der Waals surface area contributed by atoms with E-state index in [4.69, 9.17) is 0 Å². The molecule has 0 unspecified atom stereocenters. The second kappa shape index (κ2) is 4.82. The lowest BCUT2D eigenvalue weighted by Crippen LogP contribution is -2.14. The molecule has 3 nitrogen and oxygen atoms in total. The van der Waals surface area contributed by atoms with Crippen molar-refractivity contribution in [1.29, 1.82) is 0 Å². The maximum Gasteiger partial charge on any atom is 0.433 e. The molecule has 104 valence electrons. The average Bonchev–Trinajstić information content (AvgIpc) is 2.84. The zero-order valence-corrected chi connectivity index (χ0v) is 11.7. The van der Waals surface area contributed by atoms with Crippen LogP contribution in [0, 0.1) is 0 Å². The third-order valence-corrected chi connectivity index (χ3v) is 3.53. The van der Waals surface area contributed by atoms with Gasteiger partial charge in [-0.25, -0.2) is 9.97 Å². The third-order valence-electron chi connectivity index (χ3n) is 3.04. The standard InChI is InChI=1S/C13H9BrF3N3/c14-8-3-1-2-7(4-8)12-19-10-6-18-5-9(10)11(20-12)13(15,16)17/h1-4,18H,5-6H2. The molecule has 3 rings (SSSR count). The summed E-state index contributed by atoms with van der Waals surface area (Å²) < 4.78 is 40.0. The van der Waals surface area contributed by atoms with Crippen molar-refractivity contribution in [2.75, 3.05) is 0 Å². The van der Waals surface area contributed by atoms with E-state index in [1.54, 1.807) is 24.3 Å². The quantitative estimate of drug-likeness (QED) is 0.860. The van der Waals surface area contributed by atoms with Crippen molar-refractivity contribution in [3.8, 4) is 11.4 Å². The Morgan fingerprint density at radius 1 is 1.15 bits per heavy atom. The number of halogens is 4. The molecule has 0 atom stereocenters. The highest BCUT2D eigenvalue weighted by Gasteiger charge is 2.38. The number of fused-ring (bicyclic) bond motifs is 1. The smallest absolute Gasteiger partial charge is 0.307 e. The van der Waals surface area contributed by atoms with Crippen molar-refractivity contribution < 1.29 is 13.2 Å². The Balaban J connectivity index is 2.19. The second-order valence-corrected chi connectivity index (χ2v) is 5.35. The molecular weight excluding hydrogens is 335 g/mol. The van der Waals surface area contributed by atoms with E-state index in [9.17, 15) is 13.2 Å². The normalized spacial score (nSPS) is 14.4. The molecule has 0 spiro atoms. The Morgan fingerprint density at radius 3 is 2.65 bits per heavy atom. The van der Waals surface area contributed by atoms with E-state index >= 15 is 0 Å². The van der Waals surface area contributed by atoms with Gasteiger partial charge in [0.25, 0.3) is 0 Å². The van der Waals surface area contributed by atoms with Crippen molar-refractivity contribution in [2.24, 2.45) is 0 Å². The summed E-state index contributed by atoms with van der Waals surface area (Å²) >= 11 is 3.29. The minimum atomic E-state index is -4.47. The van der Waals surface area contributed by atoms with E-state index in [0.29, 0.717) is 17.8 Å². The van der Waals surface area contributed by atoms with Crippen LogP contribution in [0.2, 0.25) is 0 Å². The lowest BCUT2D eigenvalue weighted by Gasteiger charge is -2.12. The first kappa shape index (κ1) is 13.5. The van der Waals surface area contributed by atoms with Crippen molar-refractivity contribution in [3.63, 3.8) is 0 Å². The number of alkyl halides is 3. The van der Waals surface area contributed by atoms with E-state index in [2.05, 4.69) is 31.2 Å². The first-order valence-electron chi connectivity index (χ1n) is 5.89.